The van der Waals surface area contributed by atoms with E-state index in [0.717, 1.165) is 68.1 Å². The topological polar surface area (TPSA) is 44.8 Å². The third kappa shape index (κ3) is 4.60. The van der Waals surface area contributed by atoms with Gasteiger partial charge in [-0.05, 0) is 54.7 Å². The van der Waals surface area contributed by atoms with Crippen molar-refractivity contribution in [1.29, 1.82) is 0 Å². The number of hydrogen-bond acceptors (Lipinski definition) is 5. The van der Waals surface area contributed by atoms with Gasteiger partial charge in [-0.15, -0.1) is 11.3 Å². The Morgan fingerprint density at radius 2 is 2.00 bits per heavy atom. The van der Waals surface area contributed by atoms with E-state index < -0.39 is 0 Å². The molecule has 4 rings (SSSR count). The smallest absolute Gasteiger partial charge is 0.341 e. The summed E-state index contributed by atoms with van der Waals surface area (Å²) in [6.45, 7) is 4.18. The van der Waals surface area contributed by atoms with Crippen molar-refractivity contribution in [1.82, 2.24) is 9.80 Å². The molecule has 1 aliphatic heterocycles. The number of anilines is 1. The first-order valence-corrected chi connectivity index (χ1v) is 11.9. The van der Waals surface area contributed by atoms with E-state index in [9.17, 15) is 4.79 Å². The van der Waals surface area contributed by atoms with Crippen LogP contribution in [-0.4, -0.2) is 54.2 Å². The molecule has 1 aromatic carbocycles. The summed E-state index contributed by atoms with van der Waals surface area (Å²) in [6.07, 6.45) is 3.04. The molecule has 1 N–H and O–H groups in total. The number of carbonyl (C=O) groups is 1. The Kier molecular flexibility index (Phi) is 6.85. The first-order valence-electron chi connectivity index (χ1n) is 9.91. The molecule has 160 valence electrons. The van der Waals surface area contributed by atoms with Crippen LogP contribution in [0.4, 0.5) is 5.00 Å². The van der Waals surface area contributed by atoms with Gasteiger partial charge in [0.15, 0.2) is 5.11 Å². The maximum atomic E-state index is 12.3. The molecule has 5 nitrogen and oxygen atoms in total. The molecule has 0 radical (unpaired) electrons. The number of esters is 1. The predicted octanol–water partition coefficient (Wildman–Crippen LogP) is 4.84. The number of hydrogen-bond donors (Lipinski definition) is 1. The molecular formula is C21H23Cl2N3O2S2. The van der Waals surface area contributed by atoms with E-state index in [1.54, 1.807) is 17.4 Å². The highest BCUT2D eigenvalue weighted by molar-refractivity contribution is 7.80. The zero-order valence-electron chi connectivity index (χ0n) is 16.7. The maximum absolute atomic E-state index is 12.3. The summed E-state index contributed by atoms with van der Waals surface area (Å²) in [7, 11) is 1.43. The summed E-state index contributed by atoms with van der Waals surface area (Å²) in [6, 6.07) is 5.63. The van der Waals surface area contributed by atoms with Gasteiger partial charge in [-0.1, -0.05) is 29.3 Å². The van der Waals surface area contributed by atoms with Crippen LogP contribution in [0.25, 0.3) is 0 Å². The van der Waals surface area contributed by atoms with Gasteiger partial charge in [0, 0.05) is 47.6 Å². The second kappa shape index (κ2) is 9.40. The number of benzene rings is 1. The number of thiophene rings is 1. The van der Waals surface area contributed by atoms with E-state index in [1.807, 2.05) is 12.1 Å². The second-order valence-corrected chi connectivity index (χ2v) is 9.82. The highest BCUT2D eigenvalue weighted by Crippen LogP contribution is 2.39. The molecule has 0 amide bonds. The molecule has 2 aromatic rings. The minimum atomic E-state index is -0.288. The molecule has 1 saturated heterocycles. The van der Waals surface area contributed by atoms with E-state index in [2.05, 4.69) is 15.1 Å². The normalized spacial score (nSPS) is 16.4. The van der Waals surface area contributed by atoms with E-state index in [1.165, 1.54) is 12.0 Å². The van der Waals surface area contributed by atoms with Crippen LogP contribution >= 0.6 is 46.8 Å². The molecule has 0 spiro atoms. The van der Waals surface area contributed by atoms with Crippen molar-refractivity contribution in [3.05, 3.63) is 49.8 Å². The third-order valence-electron chi connectivity index (χ3n) is 5.60. The van der Waals surface area contributed by atoms with Crippen molar-refractivity contribution in [2.45, 2.75) is 25.8 Å². The minimum Gasteiger partial charge on any atom is -0.465 e. The number of thiocarbonyl (C=S) groups is 1. The van der Waals surface area contributed by atoms with E-state index in [-0.39, 0.29) is 5.97 Å². The number of aryl methyl sites for hydroxylation is 1. The van der Waals surface area contributed by atoms with Gasteiger partial charge < -0.3 is 15.0 Å². The number of carbonyl (C=O) groups excluding carboxylic acids is 1. The third-order valence-corrected chi connectivity index (χ3v) is 7.75. The number of nitrogens with one attached hydrogen (secondary N) is 1. The second-order valence-electron chi connectivity index (χ2n) is 7.48. The molecule has 2 aliphatic rings. The molecule has 30 heavy (non-hydrogen) atoms. The Morgan fingerprint density at radius 3 is 2.70 bits per heavy atom. The van der Waals surface area contributed by atoms with Crippen molar-refractivity contribution >= 4 is 62.8 Å². The summed E-state index contributed by atoms with van der Waals surface area (Å²) in [5.41, 5.74) is 2.86. The van der Waals surface area contributed by atoms with Crippen LogP contribution in [-0.2, 0) is 24.1 Å². The van der Waals surface area contributed by atoms with Gasteiger partial charge in [-0.25, -0.2) is 4.79 Å². The molecule has 0 saturated carbocycles. The number of piperazine rings is 1. The van der Waals surface area contributed by atoms with Gasteiger partial charge in [0.25, 0.3) is 0 Å². The largest absolute Gasteiger partial charge is 0.465 e. The highest BCUT2D eigenvalue weighted by Gasteiger charge is 2.28. The fraction of sp³-hybridized carbons (Fsp3) is 0.429. The summed E-state index contributed by atoms with van der Waals surface area (Å²) in [5, 5.41) is 6.14. The van der Waals surface area contributed by atoms with Crippen LogP contribution < -0.4 is 5.32 Å². The van der Waals surface area contributed by atoms with Crippen LogP contribution in [0.2, 0.25) is 10.0 Å². The van der Waals surface area contributed by atoms with Gasteiger partial charge >= 0.3 is 5.97 Å². The minimum absolute atomic E-state index is 0.288. The molecule has 9 heteroatoms. The average molecular weight is 484 g/mol. The monoisotopic (exact) mass is 483 g/mol. The Bertz CT molecular complexity index is 971. The Balaban J connectivity index is 1.37. The van der Waals surface area contributed by atoms with Crippen LogP contribution in [0.1, 0.15) is 32.8 Å². The van der Waals surface area contributed by atoms with Crippen molar-refractivity contribution in [3.8, 4) is 0 Å². The summed E-state index contributed by atoms with van der Waals surface area (Å²) in [4.78, 5) is 18.1. The number of fused-ring (bicyclic) bond motifs is 1. The van der Waals surface area contributed by atoms with Crippen molar-refractivity contribution in [2.24, 2.45) is 0 Å². The molecule has 1 aliphatic carbocycles. The molecule has 1 fully saturated rings. The lowest BCUT2D eigenvalue weighted by Gasteiger charge is -2.36. The average Bonchev–Trinajstić information content (AvgIpc) is 3.31. The molecule has 0 atom stereocenters. The standard InChI is InChI=1S/C21H23Cl2N3O2S2/c1-28-20(27)18-15-3-2-4-17(15)30-19(18)24-21(29)26-9-7-25(8-10-26)12-13-5-6-14(22)11-16(13)23/h5-6,11H,2-4,7-10,12H2,1H3,(H,24,29). The van der Waals surface area contributed by atoms with Crippen molar-refractivity contribution in [2.75, 3.05) is 38.6 Å². The molecule has 2 heterocycles. The van der Waals surface area contributed by atoms with Crippen LogP contribution in [0.3, 0.4) is 0 Å². The predicted molar refractivity (Wildman–Crippen MR) is 127 cm³/mol. The van der Waals surface area contributed by atoms with Gasteiger partial charge in [-0.3, -0.25) is 4.90 Å². The Labute approximate surface area is 195 Å². The fourth-order valence-corrected chi connectivity index (χ4v) is 6.08. The first-order chi connectivity index (χ1) is 14.5. The molecular weight excluding hydrogens is 461 g/mol. The first kappa shape index (κ1) is 21.8. The quantitative estimate of drug-likeness (QED) is 0.495. The number of ether oxygens (including phenoxy) is 1. The van der Waals surface area contributed by atoms with Crippen LogP contribution in [0.5, 0.6) is 0 Å². The van der Waals surface area contributed by atoms with Gasteiger partial charge in [0.1, 0.15) is 5.00 Å². The Hall–Kier alpha value is -1.38. The van der Waals surface area contributed by atoms with Crippen molar-refractivity contribution in [3.63, 3.8) is 0 Å². The SMILES string of the molecule is COC(=O)c1c(NC(=S)N2CCN(Cc3ccc(Cl)cc3Cl)CC2)sc2c1CCC2. The van der Waals surface area contributed by atoms with Crippen molar-refractivity contribution < 1.29 is 9.53 Å². The molecule has 1 aromatic heterocycles. The highest BCUT2D eigenvalue weighted by atomic mass is 35.5. The number of methoxy groups -OCH3 is 1. The van der Waals surface area contributed by atoms with Gasteiger partial charge in [0.05, 0.1) is 12.7 Å². The fourth-order valence-electron chi connectivity index (χ4n) is 3.99. The lowest BCUT2D eigenvalue weighted by atomic mass is 10.1. The zero-order valence-corrected chi connectivity index (χ0v) is 19.8. The van der Waals surface area contributed by atoms with E-state index in [0.29, 0.717) is 20.7 Å². The maximum Gasteiger partial charge on any atom is 0.341 e. The zero-order chi connectivity index (χ0) is 21.3. The number of rotatable bonds is 4. The summed E-state index contributed by atoms with van der Waals surface area (Å²) < 4.78 is 5.02. The number of nitrogens with zero attached hydrogens (tertiary/aromatic N) is 2. The molecule has 0 bridgehead atoms. The number of halogens is 2. The lowest BCUT2D eigenvalue weighted by Crippen LogP contribution is -2.49. The molecule has 0 unspecified atom stereocenters. The van der Waals surface area contributed by atoms with Gasteiger partial charge in [-0.2, -0.15) is 0 Å². The van der Waals surface area contributed by atoms with Gasteiger partial charge in [0.2, 0.25) is 0 Å². The summed E-state index contributed by atoms with van der Waals surface area (Å²) in [5.74, 6) is -0.288. The van der Waals surface area contributed by atoms with Crippen LogP contribution in [0.15, 0.2) is 18.2 Å². The van der Waals surface area contributed by atoms with E-state index >= 15 is 0 Å². The van der Waals surface area contributed by atoms with Crippen LogP contribution in [0, 0.1) is 0 Å². The Morgan fingerprint density at radius 1 is 1.23 bits per heavy atom. The lowest BCUT2D eigenvalue weighted by molar-refractivity contribution is 0.0601. The van der Waals surface area contributed by atoms with E-state index in [4.69, 9.17) is 40.2 Å². The summed E-state index contributed by atoms with van der Waals surface area (Å²) >= 11 is 19.6.